The zero-order valence-corrected chi connectivity index (χ0v) is 20.2. The van der Waals surface area contributed by atoms with Crippen LogP contribution >= 0.6 is 0 Å². The number of nitrogens with one attached hydrogen (secondary N) is 2. The molecule has 4 amide bonds. The minimum atomic E-state index is -0.629. The molecule has 0 bridgehead atoms. The summed E-state index contributed by atoms with van der Waals surface area (Å²) in [5.41, 5.74) is 4.09. The molecular weight excluding hydrogens is 472 g/mol. The van der Waals surface area contributed by atoms with Gasteiger partial charge in [0.2, 0.25) is 11.8 Å². The van der Waals surface area contributed by atoms with Crippen LogP contribution in [0.4, 0.5) is 0 Å². The number of carbonyl (C=O) groups excluding carboxylic acids is 5. The smallest absolute Gasteiger partial charge is 0.271 e. The average Bonchev–Trinajstić information content (AvgIpc) is 3.45. The van der Waals surface area contributed by atoms with Crippen molar-refractivity contribution in [1.29, 1.82) is 0 Å². The molecular formula is C28H26N4O5. The molecule has 3 aliphatic rings. The van der Waals surface area contributed by atoms with E-state index in [2.05, 4.69) is 10.3 Å². The molecule has 37 heavy (non-hydrogen) atoms. The molecule has 1 aromatic heterocycles. The van der Waals surface area contributed by atoms with Gasteiger partial charge in [0.25, 0.3) is 11.8 Å². The number of nitrogens with zero attached hydrogens (tertiary/aromatic N) is 2. The van der Waals surface area contributed by atoms with E-state index in [0.717, 1.165) is 41.2 Å². The topological polar surface area (TPSA) is 120 Å². The van der Waals surface area contributed by atoms with E-state index in [0.29, 0.717) is 42.9 Å². The van der Waals surface area contributed by atoms with Crippen LogP contribution in [-0.2, 0) is 16.1 Å². The summed E-state index contributed by atoms with van der Waals surface area (Å²) in [7, 11) is 0. The second kappa shape index (κ2) is 8.99. The highest BCUT2D eigenvalue weighted by Gasteiger charge is 2.39. The highest BCUT2D eigenvalue weighted by molar-refractivity contribution is 6.09. The number of amides is 4. The molecule has 2 aromatic carbocycles. The van der Waals surface area contributed by atoms with E-state index >= 15 is 0 Å². The van der Waals surface area contributed by atoms with E-state index < -0.39 is 11.9 Å². The maximum Gasteiger partial charge on any atom is 0.271 e. The summed E-state index contributed by atoms with van der Waals surface area (Å²) in [6.45, 7) is 1.48. The number of aromatic amines is 1. The highest BCUT2D eigenvalue weighted by atomic mass is 16.2. The Labute approximate surface area is 212 Å². The van der Waals surface area contributed by atoms with E-state index in [1.165, 1.54) is 0 Å². The summed E-state index contributed by atoms with van der Waals surface area (Å²) in [6.07, 6.45) is 2.85. The van der Waals surface area contributed by atoms with Crippen molar-refractivity contribution in [2.24, 2.45) is 0 Å². The van der Waals surface area contributed by atoms with Gasteiger partial charge in [0.1, 0.15) is 11.7 Å². The number of aromatic nitrogens is 1. The second-order valence-corrected chi connectivity index (χ2v) is 9.96. The van der Waals surface area contributed by atoms with Crippen LogP contribution in [0.5, 0.6) is 0 Å². The van der Waals surface area contributed by atoms with Crippen LogP contribution in [0.1, 0.15) is 73.9 Å². The minimum absolute atomic E-state index is 0.170. The Kier molecular flexibility index (Phi) is 5.62. The fourth-order valence-electron chi connectivity index (χ4n) is 5.88. The summed E-state index contributed by atoms with van der Waals surface area (Å²) in [4.78, 5) is 68.2. The summed E-state index contributed by atoms with van der Waals surface area (Å²) < 4.78 is 0. The molecule has 3 aliphatic heterocycles. The molecule has 6 rings (SSSR count). The van der Waals surface area contributed by atoms with Crippen LogP contribution < -0.4 is 5.32 Å². The number of imide groups is 1. The number of para-hydroxylation sites is 1. The van der Waals surface area contributed by atoms with Gasteiger partial charge in [-0.05, 0) is 48.4 Å². The summed E-state index contributed by atoms with van der Waals surface area (Å²) in [5.74, 6) is -0.828. The number of rotatable bonds is 4. The van der Waals surface area contributed by atoms with Crippen molar-refractivity contribution in [1.82, 2.24) is 20.1 Å². The van der Waals surface area contributed by atoms with Crippen molar-refractivity contribution in [3.63, 3.8) is 0 Å². The lowest BCUT2D eigenvalue weighted by atomic mass is 9.87. The van der Waals surface area contributed by atoms with Crippen molar-refractivity contribution >= 4 is 40.8 Å². The fraction of sp³-hybridized carbons (Fsp3) is 0.321. The second-order valence-electron chi connectivity index (χ2n) is 9.96. The molecule has 3 aromatic rings. The number of hydrogen-bond donors (Lipinski definition) is 2. The first-order chi connectivity index (χ1) is 17.9. The minimum Gasteiger partial charge on any atom is -0.350 e. The van der Waals surface area contributed by atoms with Gasteiger partial charge in [0.05, 0.1) is 5.56 Å². The van der Waals surface area contributed by atoms with Gasteiger partial charge in [0, 0.05) is 42.5 Å². The van der Waals surface area contributed by atoms with Gasteiger partial charge in [-0.25, -0.2) is 0 Å². The Balaban J connectivity index is 1.14. The Morgan fingerprint density at radius 3 is 2.54 bits per heavy atom. The highest BCUT2D eigenvalue weighted by Crippen LogP contribution is 2.34. The first kappa shape index (κ1) is 23.1. The van der Waals surface area contributed by atoms with Crippen molar-refractivity contribution in [2.75, 3.05) is 13.1 Å². The average molecular weight is 499 g/mol. The first-order valence-electron chi connectivity index (χ1n) is 12.6. The van der Waals surface area contributed by atoms with Gasteiger partial charge in [-0.3, -0.25) is 29.3 Å². The normalized spacial score (nSPS) is 20.3. The lowest BCUT2D eigenvalue weighted by Crippen LogP contribution is -2.52. The number of benzene rings is 2. The largest absolute Gasteiger partial charge is 0.350 e. The van der Waals surface area contributed by atoms with E-state index in [4.69, 9.17) is 0 Å². The zero-order valence-electron chi connectivity index (χ0n) is 20.2. The Bertz CT molecular complexity index is 1470. The fourth-order valence-corrected chi connectivity index (χ4v) is 5.88. The van der Waals surface area contributed by atoms with Gasteiger partial charge < -0.3 is 14.8 Å². The zero-order chi connectivity index (χ0) is 25.7. The van der Waals surface area contributed by atoms with Crippen molar-refractivity contribution < 1.29 is 24.0 Å². The monoisotopic (exact) mass is 498 g/mol. The summed E-state index contributed by atoms with van der Waals surface area (Å²) in [6, 6.07) is 12.6. The Morgan fingerprint density at radius 1 is 1.00 bits per heavy atom. The van der Waals surface area contributed by atoms with Crippen LogP contribution in [0.15, 0.2) is 42.5 Å². The number of H-pyrrole nitrogens is 1. The number of hydrogen-bond acceptors (Lipinski definition) is 5. The number of likely N-dealkylation sites (tertiary alicyclic amines) is 1. The first-order valence-corrected chi connectivity index (χ1v) is 12.6. The maximum absolute atomic E-state index is 13.3. The van der Waals surface area contributed by atoms with Crippen LogP contribution in [-0.4, -0.2) is 63.8 Å². The Morgan fingerprint density at radius 2 is 1.78 bits per heavy atom. The number of fused-ring (bicyclic) bond motifs is 2. The SMILES string of the molecule is O=Cc1c(C(=O)N2CCC(c3ccc4c(c3)CN(C3CCC(=O)NC3=O)C4=O)CC2)[nH]c2ccccc12. The molecule has 2 fully saturated rings. The number of aldehydes is 1. The molecule has 0 radical (unpaired) electrons. The van der Waals surface area contributed by atoms with Crippen LogP contribution in [0.3, 0.4) is 0 Å². The lowest BCUT2D eigenvalue weighted by Gasteiger charge is -2.32. The van der Waals surface area contributed by atoms with Gasteiger partial charge in [-0.15, -0.1) is 0 Å². The molecule has 0 spiro atoms. The molecule has 1 unspecified atom stereocenters. The quantitative estimate of drug-likeness (QED) is 0.424. The standard InChI is InChI=1S/C28H26N4O5/c33-15-21-20-3-1-2-4-22(20)29-25(21)28(37)31-11-9-16(10-12-31)17-5-6-19-18(13-17)14-32(27(19)36)23-7-8-24(34)30-26(23)35/h1-6,13,15-16,23,29H,7-12,14H2,(H,30,34,35). The third kappa shape index (κ3) is 3.91. The Hall–Kier alpha value is -4.27. The molecule has 0 aliphatic carbocycles. The third-order valence-corrected chi connectivity index (χ3v) is 7.88. The predicted molar refractivity (Wildman–Crippen MR) is 134 cm³/mol. The molecule has 2 N–H and O–H groups in total. The van der Waals surface area contributed by atoms with Gasteiger partial charge in [0.15, 0.2) is 6.29 Å². The third-order valence-electron chi connectivity index (χ3n) is 7.88. The molecule has 4 heterocycles. The molecule has 0 saturated carbocycles. The van der Waals surface area contributed by atoms with Crippen LogP contribution in [0, 0.1) is 0 Å². The van der Waals surface area contributed by atoms with Gasteiger partial charge in [-0.1, -0.05) is 30.3 Å². The van der Waals surface area contributed by atoms with Crippen LogP contribution in [0.2, 0.25) is 0 Å². The van der Waals surface area contributed by atoms with Crippen molar-refractivity contribution in [3.8, 4) is 0 Å². The van der Waals surface area contributed by atoms with E-state index in [1.54, 1.807) is 9.80 Å². The molecule has 9 heteroatoms. The number of piperidine rings is 2. The lowest BCUT2D eigenvalue weighted by molar-refractivity contribution is -0.136. The molecule has 1 atom stereocenters. The predicted octanol–water partition coefficient (Wildman–Crippen LogP) is 2.76. The summed E-state index contributed by atoms with van der Waals surface area (Å²) >= 11 is 0. The molecule has 2 saturated heterocycles. The molecule has 9 nitrogen and oxygen atoms in total. The van der Waals surface area contributed by atoms with Crippen molar-refractivity contribution in [2.45, 2.75) is 44.2 Å². The molecule has 188 valence electrons. The van der Waals surface area contributed by atoms with Crippen LogP contribution in [0.25, 0.3) is 10.9 Å². The van der Waals surface area contributed by atoms with Gasteiger partial charge in [-0.2, -0.15) is 0 Å². The van der Waals surface area contributed by atoms with Crippen molar-refractivity contribution in [3.05, 3.63) is 70.4 Å². The van der Waals surface area contributed by atoms with E-state index in [-0.39, 0.29) is 30.1 Å². The van der Waals surface area contributed by atoms with Gasteiger partial charge >= 0.3 is 0 Å². The number of carbonyl (C=O) groups is 5. The van der Waals surface area contributed by atoms with E-state index in [9.17, 15) is 24.0 Å². The maximum atomic E-state index is 13.3. The van der Waals surface area contributed by atoms with E-state index in [1.807, 2.05) is 42.5 Å². The summed E-state index contributed by atoms with van der Waals surface area (Å²) in [5, 5.41) is 3.08.